The second-order valence-electron chi connectivity index (χ2n) is 28.9. The van der Waals surface area contributed by atoms with Gasteiger partial charge in [-0.1, -0.05) is 246 Å². The van der Waals surface area contributed by atoms with Crippen molar-refractivity contribution in [1.29, 1.82) is 0 Å². The van der Waals surface area contributed by atoms with Crippen molar-refractivity contribution in [2.75, 3.05) is 14.7 Å². The molecule has 0 amide bonds. The zero-order chi connectivity index (χ0) is 58.6. The fourth-order valence-corrected chi connectivity index (χ4v) is 21.5. The zero-order valence-corrected chi connectivity index (χ0v) is 52.6. The monoisotopic (exact) mass is 1120 g/mol. The molecule has 85 heavy (non-hydrogen) atoms. The summed E-state index contributed by atoms with van der Waals surface area (Å²) in [7, 11) is -3.22. The van der Waals surface area contributed by atoms with E-state index in [1.807, 2.05) is 0 Å². The predicted molar refractivity (Wildman–Crippen MR) is 367 cm³/mol. The van der Waals surface area contributed by atoms with Gasteiger partial charge in [0.25, 0.3) is 6.71 Å². The van der Waals surface area contributed by atoms with Gasteiger partial charge in [0.15, 0.2) is 8.07 Å². The van der Waals surface area contributed by atoms with Gasteiger partial charge in [0.05, 0.1) is 5.54 Å². The van der Waals surface area contributed by atoms with Crippen LogP contribution in [0.25, 0.3) is 22.3 Å². The van der Waals surface area contributed by atoms with Gasteiger partial charge in [-0.15, -0.1) is 0 Å². The van der Waals surface area contributed by atoms with Crippen molar-refractivity contribution in [3.63, 3.8) is 0 Å². The molecule has 10 aromatic carbocycles. The van der Waals surface area contributed by atoms with Crippen LogP contribution in [0.3, 0.4) is 0 Å². The number of hydrogen-bond donors (Lipinski definition) is 0. The van der Waals surface area contributed by atoms with Crippen LogP contribution in [0.5, 0.6) is 0 Å². The van der Waals surface area contributed by atoms with Gasteiger partial charge in [-0.3, -0.25) is 0 Å². The van der Waals surface area contributed by atoms with E-state index in [1.165, 1.54) is 140 Å². The van der Waals surface area contributed by atoms with Gasteiger partial charge in [0.2, 0.25) is 0 Å². The summed E-state index contributed by atoms with van der Waals surface area (Å²) in [4.78, 5) is 8.31. The van der Waals surface area contributed by atoms with E-state index in [0.29, 0.717) is 0 Å². The Labute approximate surface area is 507 Å². The summed E-state index contributed by atoms with van der Waals surface area (Å²) in [6.45, 7) is 26.7. The molecule has 0 saturated heterocycles. The molecule has 0 radical (unpaired) electrons. The average Bonchev–Trinajstić information content (AvgIpc) is 1.12. The van der Waals surface area contributed by atoms with Crippen molar-refractivity contribution in [2.45, 2.75) is 129 Å². The van der Waals surface area contributed by atoms with E-state index in [2.05, 4.69) is 315 Å². The minimum Gasteiger partial charge on any atom is -0.334 e. The molecular weight excluding hydrogens is 1040 g/mol. The Bertz CT molecular complexity index is 4230. The van der Waals surface area contributed by atoms with E-state index in [9.17, 15) is 0 Å². The van der Waals surface area contributed by atoms with Crippen molar-refractivity contribution in [3.8, 4) is 22.3 Å². The highest BCUT2D eigenvalue weighted by Gasteiger charge is 2.60. The Balaban J connectivity index is 1.12. The molecule has 4 heterocycles. The van der Waals surface area contributed by atoms with Crippen molar-refractivity contribution >= 4 is 97.4 Å². The Kier molecular flexibility index (Phi) is 11.9. The Morgan fingerprint density at radius 3 is 1.26 bits per heavy atom. The molecule has 0 N–H and O–H groups in total. The van der Waals surface area contributed by atoms with Gasteiger partial charge in [0.1, 0.15) is 0 Å². The van der Waals surface area contributed by atoms with Crippen molar-refractivity contribution in [1.82, 2.24) is 0 Å². The van der Waals surface area contributed by atoms with Crippen LogP contribution in [-0.4, -0.2) is 20.3 Å². The molecule has 0 aromatic heterocycles. The molecule has 2 unspecified atom stereocenters. The van der Waals surface area contributed by atoms with Gasteiger partial charge < -0.3 is 14.7 Å². The smallest absolute Gasteiger partial charge is 0.251 e. The van der Waals surface area contributed by atoms with Crippen LogP contribution in [0.4, 0.5) is 45.5 Å². The normalized spacial score (nSPS) is 18.9. The van der Waals surface area contributed by atoms with Crippen molar-refractivity contribution in [2.24, 2.45) is 0 Å². The SMILES string of the molecule is CC(C)(C)c1ccc(N2c3cc(N4c5ccc(-c6ccccc6)cc5C5(C)CCCCC45C)cc4c3B3c5c(cc(C(C)(C)C)cc5[Si](c5ccccc5)(c5ccccc5)c5cc(C(C)(C)C)cc2c53)N4c2ccc(-c3ccccc3)cc2)cc1. The summed E-state index contributed by atoms with van der Waals surface area (Å²) in [5.74, 6) is 0. The van der Waals surface area contributed by atoms with Crippen molar-refractivity contribution < 1.29 is 0 Å². The van der Waals surface area contributed by atoms with Crippen LogP contribution in [0, 0.1) is 0 Å². The van der Waals surface area contributed by atoms with Gasteiger partial charge in [-0.2, -0.15) is 0 Å². The summed E-state index contributed by atoms with van der Waals surface area (Å²) in [5, 5.41) is 5.84. The number of nitrogens with zero attached hydrogens (tertiary/aromatic N) is 3. The van der Waals surface area contributed by atoms with E-state index in [4.69, 9.17) is 0 Å². The molecule has 420 valence electrons. The summed E-state index contributed by atoms with van der Waals surface area (Å²) in [6.07, 6.45) is 4.66. The van der Waals surface area contributed by atoms with Gasteiger partial charge in [0, 0.05) is 50.9 Å². The largest absolute Gasteiger partial charge is 0.334 e. The summed E-state index contributed by atoms with van der Waals surface area (Å²) in [6, 6.07) is 88.1. The van der Waals surface area contributed by atoms with Crippen LogP contribution in [0.2, 0.25) is 0 Å². The molecule has 0 bridgehead atoms. The topological polar surface area (TPSA) is 9.72 Å². The number of rotatable bonds is 7. The second kappa shape index (κ2) is 18.9. The number of fused-ring (bicyclic) bond motifs is 3. The van der Waals surface area contributed by atoms with Gasteiger partial charge in [-0.25, -0.2) is 0 Å². The van der Waals surface area contributed by atoms with Crippen LogP contribution in [-0.2, 0) is 21.7 Å². The predicted octanol–water partition coefficient (Wildman–Crippen LogP) is 16.4. The summed E-state index contributed by atoms with van der Waals surface area (Å²) in [5.41, 5.74) is 24.2. The quantitative estimate of drug-likeness (QED) is 0.147. The third-order valence-corrected chi connectivity index (χ3v) is 25.8. The third-order valence-electron chi connectivity index (χ3n) is 20.9. The molecule has 1 fully saturated rings. The molecule has 3 nitrogen and oxygen atoms in total. The summed E-state index contributed by atoms with van der Waals surface area (Å²) >= 11 is 0. The zero-order valence-electron chi connectivity index (χ0n) is 51.6. The van der Waals surface area contributed by atoms with E-state index >= 15 is 0 Å². The maximum absolute atomic E-state index is 3.22. The highest BCUT2D eigenvalue weighted by Crippen LogP contribution is 2.62. The first kappa shape index (κ1) is 53.6. The van der Waals surface area contributed by atoms with Crippen molar-refractivity contribution in [3.05, 3.63) is 247 Å². The number of benzene rings is 10. The highest BCUT2D eigenvalue weighted by molar-refractivity contribution is 7.27. The number of hydrogen-bond acceptors (Lipinski definition) is 3. The third kappa shape index (κ3) is 7.91. The highest BCUT2D eigenvalue weighted by atomic mass is 28.3. The standard InChI is InChI=1S/C80H78BN3Si/c1-76(2,3)57-37-41-61(42-38-57)83-68-48-59(78(7,8)9)50-72-75(68)81-73-69(51-62(52-70(73)83)84-66-43-36-56(54-28-18-13-19-29-54)46-65(66)79(10)44-24-25-45-80(79,84)11)82(60-39-34-55(35-40-60)53-26-16-12-17-27-53)67-47-58(77(4,5)6)49-71(74(67)81)85(72,63-30-20-14-21-31-63)64-32-22-15-23-33-64/h12-23,26-43,46-52H,24-25,44-45H2,1-11H3. The van der Waals surface area contributed by atoms with Crippen LogP contribution >= 0.6 is 0 Å². The van der Waals surface area contributed by atoms with Gasteiger partial charge >= 0.3 is 0 Å². The fourth-order valence-electron chi connectivity index (χ4n) is 16.2. The molecule has 15 rings (SSSR count). The molecule has 4 aliphatic heterocycles. The average molecular weight is 1120 g/mol. The molecule has 5 aliphatic rings. The molecular formula is C80H78BN3Si. The first-order valence-electron chi connectivity index (χ1n) is 31.3. The van der Waals surface area contributed by atoms with Crippen LogP contribution < -0.4 is 51.8 Å². The molecule has 2 atom stereocenters. The fraction of sp³-hybridized carbons (Fsp3) is 0.250. The lowest BCUT2D eigenvalue weighted by Crippen LogP contribution is -2.88. The van der Waals surface area contributed by atoms with E-state index < -0.39 is 8.07 Å². The molecule has 5 heteroatoms. The Morgan fingerprint density at radius 2 is 0.776 bits per heavy atom. The first-order chi connectivity index (χ1) is 40.8. The maximum Gasteiger partial charge on any atom is 0.251 e. The lowest BCUT2D eigenvalue weighted by atomic mass is 9.33. The molecule has 1 saturated carbocycles. The number of anilines is 8. The molecule has 1 aliphatic carbocycles. The molecule has 10 aromatic rings. The minimum absolute atomic E-state index is 0.0132. The minimum atomic E-state index is -3.22. The van der Waals surface area contributed by atoms with Gasteiger partial charge in [-0.05, 0) is 178 Å². The second-order valence-corrected chi connectivity index (χ2v) is 32.6. The van der Waals surface area contributed by atoms with E-state index in [-0.39, 0.29) is 33.9 Å². The van der Waals surface area contributed by atoms with E-state index in [0.717, 1.165) is 12.8 Å². The molecule has 0 spiro atoms. The lowest BCUT2D eigenvalue weighted by Gasteiger charge is -2.53. The Morgan fingerprint density at radius 1 is 0.365 bits per heavy atom. The maximum atomic E-state index is 2.84. The summed E-state index contributed by atoms with van der Waals surface area (Å²) < 4.78 is 0. The van der Waals surface area contributed by atoms with E-state index in [1.54, 1.807) is 0 Å². The Hall–Kier alpha value is -8.12. The lowest BCUT2D eigenvalue weighted by molar-refractivity contribution is 0.195. The van der Waals surface area contributed by atoms with Crippen LogP contribution in [0.1, 0.15) is 124 Å². The first-order valence-corrected chi connectivity index (χ1v) is 33.3. The van der Waals surface area contributed by atoms with Crippen LogP contribution in [0.15, 0.2) is 224 Å².